The number of ether oxygens (including phenoxy) is 1. The van der Waals surface area contributed by atoms with Gasteiger partial charge in [0.15, 0.2) is 5.82 Å². The molecule has 1 saturated heterocycles. The molecule has 0 atom stereocenters. The Hall–Kier alpha value is -3.19. The van der Waals surface area contributed by atoms with Gasteiger partial charge >= 0.3 is 6.03 Å². The van der Waals surface area contributed by atoms with Crippen molar-refractivity contribution < 1.29 is 14.1 Å². The normalized spacial score (nSPS) is 14.5. The zero-order valence-corrected chi connectivity index (χ0v) is 17.8. The van der Waals surface area contributed by atoms with Crippen LogP contribution in [0.15, 0.2) is 59.1 Å². The highest BCUT2D eigenvalue weighted by Crippen LogP contribution is 2.26. The van der Waals surface area contributed by atoms with Crippen LogP contribution in [-0.4, -0.2) is 34.2 Å². The Bertz CT molecular complexity index is 964. The second-order valence-electron chi connectivity index (χ2n) is 7.93. The molecule has 0 radical (unpaired) electrons. The number of aryl methyl sites for hydroxylation is 1. The van der Waals surface area contributed by atoms with E-state index in [0.717, 1.165) is 24.0 Å². The van der Waals surface area contributed by atoms with Crippen LogP contribution < -0.4 is 5.32 Å². The Morgan fingerprint density at radius 3 is 2.55 bits per heavy atom. The number of amides is 2. The number of rotatable bonds is 7. The average Bonchev–Trinajstić information content (AvgIpc) is 3.28. The number of piperidine rings is 1. The summed E-state index contributed by atoms with van der Waals surface area (Å²) in [5.41, 5.74) is 3.42. The van der Waals surface area contributed by atoms with E-state index in [4.69, 9.17) is 9.26 Å². The molecular weight excluding hydrogens is 392 g/mol. The summed E-state index contributed by atoms with van der Waals surface area (Å²) in [7, 11) is 0. The summed E-state index contributed by atoms with van der Waals surface area (Å²) < 4.78 is 11.0. The zero-order valence-electron chi connectivity index (χ0n) is 17.8. The number of benzene rings is 2. The molecule has 2 aromatic carbocycles. The van der Waals surface area contributed by atoms with Gasteiger partial charge in [0, 0.05) is 25.6 Å². The molecular formula is C24H28N4O3. The molecule has 1 fully saturated rings. The van der Waals surface area contributed by atoms with E-state index in [1.807, 2.05) is 47.4 Å². The molecule has 4 rings (SSSR count). The van der Waals surface area contributed by atoms with Crippen molar-refractivity contribution in [2.45, 2.75) is 45.4 Å². The number of hydrogen-bond donors (Lipinski definition) is 1. The van der Waals surface area contributed by atoms with E-state index in [9.17, 15) is 4.79 Å². The van der Waals surface area contributed by atoms with E-state index >= 15 is 0 Å². The highest BCUT2D eigenvalue weighted by atomic mass is 16.5. The quantitative estimate of drug-likeness (QED) is 0.620. The molecule has 7 heteroatoms. The van der Waals surface area contributed by atoms with Crippen molar-refractivity contribution in [3.05, 3.63) is 83.0 Å². The Labute approximate surface area is 182 Å². The number of aromatic nitrogens is 2. The first-order valence-electron chi connectivity index (χ1n) is 10.7. The van der Waals surface area contributed by atoms with Crippen molar-refractivity contribution in [1.82, 2.24) is 20.4 Å². The van der Waals surface area contributed by atoms with Crippen LogP contribution in [0.4, 0.5) is 4.79 Å². The Morgan fingerprint density at radius 2 is 1.81 bits per heavy atom. The molecule has 3 aromatic rings. The lowest BCUT2D eigenvalue weighted by atomic mass is 9.96. The van der Waals surface area contributed by atoms with E-state index in [0.29, 0.717) is 44.6 Å². The van der Waals surface area contributed by atoms with Crippen LogP contribution in [0.25, 0.3) is 0 Å². The van der Waals surface area contributed by atoms with Crippen LogP contribution in [-0.2, 0) is 24.5 Å². The van der Waals surface area contributed by atoms with Gasteiger partial charge in [-0.1, -0.05) is 65.3 Å². The molecule has 1 aliphatic rings. The van der Waals surface area contributed by atoms with Crippen LogP contribution in [0, 0.1) is 6.92 Å². The van der Waals surface area contributed by atoms with Gasteiger partial charge in [-0.15, -0.1) is 0 Å². The number of hydrogen-bond acceptors (Lipinski definition) is 5. The summed E-state index contributed by atoms with van der Waals surface area (Å²) in [5.74, 6) is 1.40. The second-order valence-corrected chi connectivity index (χ2v) is 7.93. The van der Waals surface area contributed by atoms with Crippen molar-refractivity contribution in [3.8, 4) is 0 Å². The van der Waals surface area contributed by atoms with Gasteiger partial charge in [0.2, 0.25) is 0 Å². The number of likely N-dealkylation sites (tertiary alicyclic amines) is 1. The minimum absolute atomic E-state index is 0.0258. The van der Waals surface area contributed by atoms with Crippen molar-refractivity contribution in [1.29, 1.82) is 0 Å². The highest BCUT2D eigenvalue weighted by molar-refractivity contribution is 5.74. The Morgan fingerprint density at radius 1 is 1.06 bits per heavy atom. The topological polar surface area (TPSA) is 80.5 Å². The largest absolute Gasteiger partial charge is 0.367 e. The van der Waals surface area contributed by atoms with Crippen LogP contribution >= 0.6 is 0 Å². The molecule has 162 valence electrons. The van der Waals surface area contributed by atoms with E-state index in [1.54, 1.807) is 0 Å². The van der Waals surface area contributed by atoms with E-state index < -0.39 is 0 Å². The predicted octanol–water partition coefficient (Wildman–Crippen LogP) is 4.18. The minimum atomic E-state index is -0.0258. The fourth-order valence-corrected chi connectivity index (χ4v) is 3.66. The third-order valence-corrected chi connectivity index (χ3v) is 5.53. The average molecular weight is 421 g/mol. The molecule has 2 amide bonds. The number of nitrogens with zero attached hydrogens (tertiary/aromatic N) is 3. The molecule has 1 aromatic heterocycles. The Kier molecular flexibility index (Phi) is 6.94. The molecule has 0 spiro atoms. The number of urea groups is 1. The lowest BCUT2D eigenvalue weighted by Gasteiger charge is -2.30. The lowest BCUT2D eigenvalue weighted by molar-refractivity contribution is 0.0850. The molecule has 0 saturated carbocycles. The molecule has 2 heterocycles. The molecule has 7 nitrogen and oxygen atoms in total. The van der Waals surface area contributed by atoms with Crippen LogP contribution in [0.5, 0.6) is 0 Å². The van der Waals surface area contributed by atoms with E-state index in [-0.39, 0.29) is 11.9 Å². The summed E-state index contributed by atoms with van der Waals surface area (Å²) in [4.78, 5) is 18.8. The fourth-order valence-electron chi connectivity index (χ4n) is 3.66. The Balaban J connectivity index is 1.19. The fraction of sp³-hybridized carbons (Fsp3) is 0.375. The molecule has 1 aliphatic heterocycles. The van der Waals surface area contributed by atoms with E-state index in [1.165, 1.54) is 5.56 Å². The first-order chi connectivity index (χ1) is 15.2. The first-order valence-corrected chi connectivity index (χ1v) is 10.7. The lowest BCUT2D eigenvalue weighted by Crippen LogP contribution is -2.43. The third kappa shape index (κ3) is 5.92. The van der Waals surface area contributed by atoms with Gasteiger partial charge in [0.1, 0.15) is 6.61 Å². The van der Waals surface area contributed by atoms with Crippen LogP contribution in [0.3, 0.4) is 0 Å². The standard InChI is InChI=1S/C24H28N4O3/c1-18-7-9-19(10-8-18)15-25-24(29)28-13-11-21(12-14-28)23-26-22(31-27-23)17-30-16-20-5-3-2-4-6-20/h2-10,21H,11-17H2,1H3,(H,25,29). The van der Waals surface area contributed by atoms with Gasteiger partial charge in [-0.25, -0.2) is 4.79 Å². The molecule has 1 N–H and O–H groups in total. The minimum Gasteiger partial charge on any atom is -0.367 e. The summed E-state index contributed by atoms with van der Waals surface area (Å²) in [6.45, 7) is 4.75. The SMILES string of the molecule is Cc1ccc(CNC(=O)N2CCC(c3noc(COCc4ccccc4)n3)CC2)cc1. The molecule has 31 heavy (non-hydrogen) atoms. The van der Waals surface area contributed by atoms with Gasteiger partial charge in [-0.3, -0.25) is 0 Å². The van der Waals surface area contributed by atoms with Crippen molar-refractivity contribution in [2.75, 3.05) is 13.1 Å². The van der Waals surface area contributed by atoms with Crippen molar-refractivity contribution in [2.24, 2.45) is 0 Å². The van der Waals surface area contributed by atoms with Crippen molar-refractivity contribution in [3.63, 3.8) is 0 Å². The summed E-state index contributed by atoms with van der Waals surface area (Å²) in [6.07, 6.45) is 1.64. The van der Waals surface area contributed by atoms with Crippen LogP contribution in [0.1, 0.15) is 47.2 Å². The van der Waals surface area contributed by atoms with Gasteiger partial charge in [-0.05, 0) is 30.9 Å². The second kappa shape index (κ2) is 10.2. The van der Waals surface area contributed by atoms with Gasteiger partial charge in [0.25, 0.3) is 5.89 Å². The summed E-state index contributed by atoms with van der Waals surface area (Å²) in [6, 6.07) is 18.1. The van der Waals surface area contributed by atoms with Crippen molar-refractivity contribution >= 4 is 6.03 Å². The monoisotopic (exact) mass is 420 g/mol. The van der Waals surface area contributed by atoms with E-state index in [2.05, 4.69) is 34.5 Å². The molecule has 0 aliphatic carbocycles. The van der Waals surface area contributed by atoms with Crippen LogP contribution in [0.2, 0.25) is 0 Å². The summed E-state index contributed by atoms with van der Waals surface area (Å²) in [5, 5.41) is 7.14. The van der Waals surface area contributed by atoms with Gasteiger partial charge < -0.3 is 19.5 Å². The molecule has 0 unspecified atom stereocenters. The maximum Gasteiger partial charge on any atom is 0.317 e. The smallest absolute Gasteiger partial charge is 0.317 e. The zero-order chi connectivity index (χ0) is 21.5. The number of nitrogens with one attached hydrogen (secondary N) is 1. The first kappa shape index (κ1) is 21.1. The molecule has 0 bridgehead atoms. The number of carbonyl (C=O) groups excluding carboxylic acids is 1. The van der Waals surface area contributed by atoms with Gasteiger partial charge in [-0.2, -0.15) is 4.98 Å². The number of carbonyl (C=O) groups is 1. The summed E-state index contributed by atoms with van der Waals surface area (Å²) >= 11 is 0. The maximum atomic E-state index is 12.5. The third-order valence-electron chi connectivity index (χ3n) is 5.53. The highest BCUT2D eigenvalue weighted by Gasteiger charge is 2.27. The maximum absolute atomic E-state index is 12.5. The predicted molar refractivity (Wildman–Crippen MR) is 116 cm³/mol. The van der Waals surface area contributed by atoms with Gasteiger partial charge in [0.05, 0.1) is 6.61 Å².